The van der Waals surface area contributed by atoms with Gasteiger partial charge in [0, 0.05) is 12.5 Å². The van der Waals surface area contributed by atoms with Crippen molar-refractivity contribution in [1.82, 2.24) is 0 Å². The number of nitrogens with two attached hydrogens (primary N) is 1. The highest BCUT2D eigenvalue weighted by Gasteiger charge is 2.15. The van der Waals surface area contributed by atoms with Crippen LogP contribution in [0.25, 0.3) is 0 Å². The first-order valence-electron chi connectivity index (χ1n) is 6.72. The number of methoxy groups -OCH3 is 1. The van der Waals surface area contributed by atoms with E-state index >= 15 is 0 Å². The van der Waals surface area contributed by atoms with E-state index < -0.39 is 5.97 Å². The average molecular weight is 278 g/mol. The molecule has 1 aromatic carbocycles. The Morgan fingerprint density at radius 3 is 2.70 bits per heavy atom. The summed E-state index contributed by atoms with van der Waals surface area (Å²) in [6.45, 7) is 3.89. The van der Waals surface area contributed by atoms with E-state index in [1.54, 1.807) is 12.1 Å². The molecule has 0 radical (unpaired) electrons. The second kappa shape index (κ2) is 7.65. The number of nitrogens with one attached hydrogen (secondary N) is 1. The maximum atomic E-state index is 11.9. The van der Waals surface area contributed by atoms with Gasteiger partial charge in [-0.3, -0.25) is 4.79 Å². The molecule has 0 saturated heterocycles. The lowest BCUT2D eigenvalue weighted by Crippen LogP contribution is -2.27. The Kier molecular flexibility index (Phi) is 6.18. The van der Waals surface area contributed by atoms with Crippen molar-refractivity contribution in [3.63, 3.8) is 0 Å². The van der Waals surface area contributed by atoms with Crippen LogP contribution in [0.5, 0.6) is 0 Å². The van der Waals surface area contributed by atoms with Crippen LogP contribution in [0.1, 0.15) is 42.1 Å². The van der Waals surface area contributed by atoms with E-state index in [4.69, 9.17) is 10.5 Å². The zero-order chi connectivity index (χ0) is 15.1. The van der Waals surface area contributed by atoms with Gasteiger partial charge in [-0.2, -0.15) is 0 Å². The molecule has 5 heteroatoms. The fourth-order valence-corrected chi connectivity index (χ4v) is 1.96. The predicted octanol–water partition coefficient (Wildman–Crippen LogP) is 2.24. The largest absolute Gasteiger partial charge is 0.465 e. The molecule has 0 fully saturated rings. The second-order valence-electron chi connectivity index (χ2n) is 4.84. The summed E-state index contributed by atoms with van der Waals surface area (Å²) in [4.78, 5) is 23.6. The van der Waals surface area contributed by atoms with Gasteiger partial charge in [0.25, 0.3) is 0 Å². The van der Waals surface area contributed by atoms with Crippen molar-refractivity contribution in [3.05, 3.63) is 29.3 Å². The van der Waals surface area contributed by atoms with Gasteiger partial charge in [0.05, 0.1) is 18.4 Å². The third kappa shape index (κ3) is 4.66. The summed E-state index contributed by atoms with van der Waals surface area (Å²) in [6.07, 6.45) is 1.97. The fourth-order valence-electron chi connectivity index (χ4n) is 1.96. The number of aryl methyl sites for hydroxylation is 1. The van der Waals surface area contributed by atoms with E-state index in [9.17, 15) is 9.59 Å². The molecule has 1 atom stereocenters. The maximum absolute atomic E-state index is 11.9. The van der Waals surface area contributed by atoms with Crippen LogP contribution < -0.4 is 11.1 Å². The Hall–Kier alpha value is -1.88. The summed E-state index contributed by atoms with van der Waals surface area (Å²) in [5.41, 5.74) is 7.56. The first kappa shape index (κ1) is 16.2. The van der Waals surface area contributed by atoms with Crippen molar-refractivity contribution in [2.24, 2.45) is 5.73 Å². The first-order chi connectivity index (χ1) is 9.47. The lowest BCUT2D eigenvalue weighted by Gasteiger charge is -2.13. The monoisotopic (exact) mass is 278 g/mol. The van der Waals surface area contributed by atoms with Crippen molar-refractivity contribution in [2.45, 2.75) is 39.2 Å². The van der Waals surface area contributed by atoms with Gasteiger partial charge in [0.2, 0.25) is 5.91 Å². The van der Waals surface area contributed by atoms with Crippen molar-refractivity contribution >= 4 is 17.6 Å². The number of carbonyl (C=O) groups excluding carboxylic acids is 2. The highest BCUT2D eigenvalue weighted by molar-refractivity contribution is 6.01. The molecular formula is C15H22N2O3. The number of esters is 1. The van der Waals surface area contributed by atoms with Crippen LogP contribution in [0.3, 0.4) is 0 Å². The summed E-state index contributed by atoms with van der Waals surface area (Å²) >= 11 is 0. The third-order valence-corrected chi connectivity index (χ3v) is 2.96. The van der Waals surface area contributed by atoms with E-state index in [1.807, 2.05) is 19.9 Å². The third-order valence-electron chi connectivity index (χ3n) is 2.96. The molecule has 0 spiro atoms. The summed E-state index contributed by atoms with van der Waals surface area (Å²) in [6, 6.07) is 5.05. The average Bonchev–Trinajstić information content (AvgIpc) is 2.40. The summed E-state index contributed by atoms with van der Waals surface area (Å²) < 4.78 is 4.72. The number of benzene rings is 1. The predicted molar refractivity (Wildman–Crippen MR) is 78.6 cm³/mol. The Morgan fingerprint density at radius 1 is 1.40 bits per heavy atom. The first-order valence-corrected chi connectivity index (χ1v) is 6.72. The smallest absolute Gasteiger partial charge is 0.339 e. The minimum Gasteiger partial charge on any atom is -0.465 e. The van der Waals surface area contributed by atoms with Crippen molar-refractivity contribution in [1.29, 1.82) is 0 Å². The molecule has 3 N–H and O–H groups in total. The molecule has 0 aliphatic heterocycles. The van der Waals surface area contributed by atoms with Crippen molar-refractivity contribution in [3.8, 4) is 0 Å². The topological polar surface area (TPSA) is 81.4 Å². The molecule has 5 nitrogen and oxygen atoms in total. The zero-order valence-corrected chi connectivity index (χ0v) is 12.2. The molecule has 1 unspecified atom stereocenters. The lowest BCUT2D eigenvalue weighted by molar-refractivity contribution is -0.116. The number of rotatable bonds is 6. The zero-order valence-electron chi connectivity index (χ0n) is 12.2. The number of amides is 1. The molecule has 0 bridgehead atoms. The van der Waals surface area contributed by atoms with Gasteiger partial charge in [0.15, 0.2) is 0 Å². The van der Waals surface area contributed by atoms with Crippen LogP contribution in [0.15, 0.2) is 18.2 Å². The van der Waals surface area contributed by atoms with Gasteiger partial charge in [-0.25, -0.2) is 4.79 Å². The molecule has 0 saturated carbocycles. The minimum atomic E-state index is -0.471. The molecule has 1 amide bonds. The molecule has 1 aromatic rings. The highest BCUT2D eigenvalue weighted by Crippen LogP contribution is 2.19. The van der Waals surface area contributed by atoms with Gasteiger partial charge in [0.1, 0.15) is 0 Å². The summed E-state index contributed by atoms with van der Waals surface area (Å²) in [5.74, 6) is -0.665. The van der Waals surface area contributed by atoms with Crippen molar-refractivity contribution < 1.29 is 14.3 Å². The number of hydrogen-bond acceptors (Lipinski definition) is 4. The Balaban J connectivity index is 2.81. The SMILES string of the molecule is CCCC(N)CC(=O)Nc1ccc(C)cc1C(=O)OC. The molecule has 0 aromatic heterocycles. The van der Waals surface area contributed by atoms with Gasteiger partial charge in [-0.15, -0.1) is 0 Å². The number of hydrogen-bond donors (Lipinski definition) is 2. The quantitative estimate of drug-likeness (QED) is 0.782. The lowest BCUT2D eigenvalue weighted by atomic mass is 10.1. The van der Waals surface area contributed by atoms with Crippen LogP contribution in [0.2, 0.25) is 0 Å². The van der Waals surface area contributed by atoms with Crippen LogP contribution in [-0.2, 0) is 9.53 Å². The Bertz CT molecular complexity index is 486. The summed E-state index contributed by atoms with van der Waals surface area (Å²) in [5, 5.41) is 2.72. The van der Waals surface area contributed by atoms with Crippen LogP contribution in [-0.4, -0.2) is 25.0 Å². The van der Waals surface area contributed by atoms with Crippen LogP contribution >= 0.6 is 0 Å². The number of carbonyl (C=O) groups is 2. The number of anilines is 1. The van der Waals surface area contributed by atoms with Gasteiger partial charge >= 0.3 is 5.97 Å². The second-order valence-corrected chi connectivity index (χ2v) is 4.84. The normalized spacial score (nSPS) is 11.8. The van der Waals surface area contributed by atoms with Crippen molar-refractivity contribution in [2.75, 3.05) is 12.4 Å². The van der Waals surface area contributed by atoms with Gasteiger partial charge in [-0.1, -0.05) is 25.0 Å². The molecule has 110 valence electrons. The summed E-state index contributed by atoms with van der Waals surface area (Å²) in [7, 11) is 1.31. The molecule has 0 heterocycles. The van der Waals surface area contributed by atoms with E-state index in [0.717, 1.165) is 18.4 Å². The molecule has 0 aliphatic rings. The van der Waals surface area contributed by atoms with Gasteiger partial charge < -0.3 is 15.8 Å². The fraction of sp³-hybridized carbons (Fsp3) is 0.467. The van der Waals surface area contributed by atoms with Crippen LogP contribution in [0.4, 0.5) is 5.69 Å². The van der Waals surface area contributed by atoms with E-state index in [2.05, 4.69) is 5.32 Å². The number of ether oxygens (including phenoxy) is 1. The molecule has 20 heavy (non-hydrogen) atoms. The Labute approximate surface area is 119 Å². The standard InChI is InChI=1S/C15H22N2O3/c1-4-5-11(16)9-14(18)17-13-7-6-10(2)8-12(13)15(19)20-3/h6-8,11H,4-5,9,16H2,1-3H3,(H,17,18). The van der Waals surface area contributed by atoms with E-state index in [0.29, 0.717) is 11.3 Å². The molecule has 1 rings (SSSR count). The molecule has 0 aliphatic carbocycles. The maximum Gasteiger partial charge on any atom is 0.339 e. The molecular weight excluding hydrogens is 256 g/mol. The Morgan fingerprint density at radius 2 is 2.10 bits per heavy atom. The van der Waals surface area contributed by atoms with Crippen LogP contribution in [0, 0.1) is 6.92 Å². The van der Waals surface area contributed by atoms with E-state index in [-0.39, 0.29) is 18.4 Å². The van der Waals surface area contributed by atoms with Gasteiger partial charge in [-0.05, 0) is 25.5 Å². The minimum absolute atomic E-state index is 0.160. The highest BCUT2D eigenvalue weighted by atomic mass is 16.5. The van der Waals surface area contributed by atoms with E-state index in [1.165, 1.54) is 7.11 Å².